The number of amides is 1. The molecule has 2 saturated carbocycles. The number of nitrogens with one attached hydrogen (secondary N) is 2. The molecule has 1 atom stereocenters. The summed E-state index contributed by atoms with van der Waals surface area (Å²) in [6.07, 6.45) is 13.8. The third-order valence-electron chi connectivity index (χ3n) is 11.4. The summed E-state index contributed by atoms with van der Waals surface area (Å²) in [5, 5.41) is 2.95. The van der Waals surface area contributed by atoms with Crippen molar-refractivity contribution in [1.82, 2.24) is 19.4 Å². The standard InChI is InChI=1S/C44H48FN5O7S/c1-28-24-30(13-12-29-8-6-7-9-29)16-21-40(28)58(55,56)48-32-17-20-35(37(45)26-32)41(51)47-38(43(53)57-34-10-4-3-5-11-34)25-31-14-18-33(19-15-31)50-42(52)36-22-23-46-27-39(36)49(2)44(50)54/h14-24,26-27,29,34,38,48H,3-13,25H2,1-2H3,(H,47,51)/t38-/m0/s1. The average Bonchev–Trinajstić information content (AvgIpc) is 3.74. The van der Waals surface area contributed by atoms with Crippen LogP contribution in [0.3, 0.4) is 0 Å². The van der Waals surface area contributed by atoms with Crippen molar-refractivity contribution in [2.45, 2.75) is 101 Å². The van der Waals surface area contributed by atoms with E-state index in [0.29, 0.717) is 40.6 Å². The molecule has 2 heterocycles. The Morgan fingerprint density at radius 3 is 2.33 bits per heavy atom. The number of carbonyl (C=O) groups excluding carboxylic acids is 2. The topological polar surface area (TPSA) is 158 Å². The van der Waals surface area contributed by atoms with Gasteiger partial charge < -0.3 is 10.1 Å². The number of halogens is 1. The first-order valence-corrected chi connectivity index (χ1v) is 21.4. The highest BCUT2D eigenvalue weighted by Gasteiger charge is 2.29. The number of esters is 1. The van der Waals surface area contributed by atoms with E-state index in [2.05, 4.69) is 15.0 Å². The molecule has 12 nitrogen and oxygen atoms in total. The molecule has 0 saturated heterocycles. The molecule has 0 aliphatic heterocycles. The number of rotatable bonds is 13. The van der Waals surface area contributed by atoms with E-state index in [1.54, 1.807) is 50.4 Å². The van der Waals surface area contributed by atoms with Gasteiger partial charge in [0.25, 0.3) is 21.5 Å². The molecular weight excluding hydrogens is 762 g/mol. The van der Waals surface area contributed by atoms with Crippen LogP contribution in [0.2, 0.25) is 0 Å². The Kier molecular flexibility index (Phi) is 12.2. The molecule has 0 bridgehead atoms. The molecule has 7 rings (SSSR count). The number of hydrogen-bond donors (Lipinski definition) is 2. The highest BCUT2D eigenvalue weighted by Crippen LogP contribution is 2.30. The van der Waals surface area contributed by atoms with Crippen LogP contribution in [-0.2, 0) is 39.4 Å². The molecular formula is C44H48FN5O7S. The van der Waals surface area contributed by atoms with Crippen LogP contribution in [0, 0.1) is 18.7 Å². The molecule has 0 spiro atoms. The molecule has 304 valence electrons. The smallest absolute Gasteiger partial charge is 0.335 e. The Hall–Kier alpha value is -5.63. The van der Waals surface area contributed by atoms with Gasteiger partial charge in [-0.3, -0.25) is 23.9 Å². The number of aromatic nitrogens is 3. The van der Waals surface area contributed by atoms with Gasteiger partial charge in [0, 0.05) is 19.7 Å². The summed E-state index contributed by atoms with van der Waals surface area (Å²) in [4.78, 5) is 57.8. The summed E-state index contributed by atoms with van der Waals surface area (Å²) in [5.74, 6) is -1.84. The maximum absolute atomic E-state index is 15.6. The van der Waals surface area contributed by atoms with E-state index in [4.69, 9.17) is 4.74 Å². The predicted octanol–water partition coefficient (Wildman–Crippen LogP) is 6.67. The molecule has 0 radical (unpaired) electrons. The first kappa shape index (κ1) is 40.6. The molecule has 0 unspecified atom stereocenters. The van der Waals surface area contributed by atoms with Crippen molar-refractivity contribution >= 4 is 38.5 Å². The quantitative estimate of drug-likeness (QED) is 0.125. The van der Waals surface area contributed by atoms with E-state index < -0.39 is 50.6 Å². The molecule has 2 fully saturated rings. The zero-order chi connectivity index (χ0) is 41.0. The second-order valence-electron chi connectivity index (χ2n) is 15.6. The number of sulfonamides is 1. The molecule has 5 aromatic rings. The molecule has 58 heavy (non-hydrogen) atoms. The van der Waals surface area contributed by atoms with Gasteiger partial charge in [-0.1, -0.05) is 56.4 Å². The number of pyridine rings is 1. The third-order valence-corrected chi connectivity index (χ3v) is 13.0. The lowest BCUT2D eigenvalue weighted by Gasteiger charge is -2.25. The number of aryl methyl sites for hydroxylation is 3. The minimum absolute atomic E-state index is 0.0356. The van der Waals surface area contributed by atoms with Crippen LogP contribution in [0.15, 0.2) is 93.6 Å². The lowest BCUT2D eigenvalue weighted by molar-refractivity contribution is -0.152. The Morgan fingerprint density at radius 2 is 1.62 bits per heavy atom. The molecule has 2 aliphatic rings. The molecule has 2 aromatic heterocycles. The third kappa shape index (κ3) is 9.07. The van der Waals surface area contributed by atoms with Crippen LogP contribution < -0.4 is 21.3 Å². The first-order chi connectivity index (χ1) is 27.9. The van der Waals surface area contributed by atoms with Crippen LogP contribution >= 0.6 is 0 Å². The predicted molar refractivity (Wildman–Crippen MR) is 219 cm³/mol. The summed E-state index contributed by atoms with van der Waals surface area (Å²) >= 11 is 0. The van der Waals surface area contributed by atoms with Gasteiger partial charge in [0.15, 0.2) is 0 Å². The maximum Gasteiger partial charge on any atom is 0.335 e. The summed E-state index contributed by atoms with van der Waals surface area (Å²) in [6, 6.07) is 15.4. The van der Waals surface area contributed by atoms with Gasteiger partial charge in [-0.05, 0) is 111 Å². The van der Waals surface area contributed by atoms with Crippen molar-refractivity contribution < 1.29 is 27.1 Å². The lowest BCUT2D eigenvalue weighted by atomic mass is 9.97. The number of nitrogens with zero attached hydrogens (tertiary/aromatic N) is 3. The largest absolute Gasteiger partial charge is 0.461 e. The number of anilines is 1. The van der Waals surface area contributed by atoms with Crippen LogP contribution in [0.4, 0.5) is 10.1 Å². The van der Waals surface area contributed by atoms with Gasteiger partial charge in [-0.15, -0.1) is 0 Å². The monoisotopic (exact) mass is 809 g/mol. The highest BCUT2D eigenvalue weighted by atomic mass is 32.2. The van der Waals surface area contributed by atoms with Gasteiger partial charge >= 0.3 is 11.7 Å². The molecule has 2 aliphatic carbocycles. The van der Waals surface area contributed by atoms with Crippen LogP contribution in [0.25, 0.3) is 16.6 Å². The number of benzene rings is 3. The minimum atomic E-state index is -4.08. The summed E-state index contributed by atoms with van der Waals surface area (Å²) in [7, 11) is -2.53. The fourth-order valence-corrected chi connectivity index (χ4v) is 9.49. The van der Waals surface area contributed by atoms with Crippen molar-refractivity contribution in [2.24, 2.45) is 13.0 Å². The van der Waals surface area contributed by atoms with E-state index >= 15 is 4.39 Å². The number of hydrogen-bond acceptors (Lipinski definition) is 8. The molecule has 1 amide bonds. The number of fused-ring (bicyclic) bond motifs is 1. The van der Waals surface area contributed by atoms with E-state index in [1.165, 1.54) is 48.7 Å². The minimum Gasteiger partial charge on any atom is -0.461 e. The summed E-state index contributed by atoms with van der Waals surface area (Å²) < 4.78 is 53.0. The van der Waals surface area contributed by atoms with Gasteiger partial charge in [0.2, 0.25) is 0 Å². The summed E-state index contributed by atoms with van der Waals surface area (Å²) in [5.41, 5.74) is 1.41. The lowest BCUT2D eigenvalue weighted by Crippen LogP contribution is -2.45. The van der Waals surface area contributed by atoms with E-state index in [1.807, 2.05) is 12.1 Å². The fraction of sp³-hybridized carbons (Fsp3) is 0.386. The average molecular weight is 810 g/mol. The van der Waals surface area contributed by atoms with E-state index in [0.717, 1.165) is 60.3 Å². The summed E-state index contributed by atoms with van der Waals surface area (Å²) in [6.45, 7) is 1.73. The zero-order valence-electron chi connectivity index (χ0n) is 32.7. The Morgan fingerprint density at radius 1 is 0.914 bits per heavy atom. The Bertz CT molecular complexity index is 2560. The van der Waals surface area contributed by atoms with Gasteiger partial charge in [-0.25, -0.2) is 27.0 Å². The van der Waals surface area contributed by atoms with E-state index in [-0.39, 0.29) is 23.1 Å². The fourth-order valence-electron chi connectivity index (χ4n) is 8.21. The maximum atomic E-state index is 15.6. The molecule has 3 aromatic carbocycles. The second-order valence-corrected chi connectivity index (χ2v) is 17.2. The van der Waals surface area contributed by atoms with Crippen molar-refractivity contribution in [3.8, 4) is 5.69 Å². The number of ether oxygens (including phenoxy) is 1. The van der Waals surface area contributed by atoms with Crippen LogP contribution in [0.5, 0.6) is 0 Å². The van der Waals surface area contributed by atoms with Crippen molar-refractivity contribution in [3.63, 3.8) is 0 Å². The van der Waals surface area contributed by atoms with Crippen LogP contribution in [-0.4, -0.2) is 46.6 Å². The number of carbonyl (C=O) groups is 2. The van der Waals surface area contributed by atoms with Crippen molar-refractivity contribution in [2.75, 3.05) is 4.72 Å². The normalized spacial score (nSPS) is 15.6. The van der Waals surface area contributed by atoms with Gasteiger partial charge in [0.1, 0.15) is 18.0 Å². The zero-order valence-corrected chi connectivity index (χ0v) is 33.5. The van der Waals surface area contributed by atoms with Gasteiger partial charge in [0.05, 0.1) is 38.9 Å². The van der Waals surface area contributed by atoms with Gasteiger partial charge in [-0.2, -0.15) is 0 Å². The SMILES string of the molecule is Cc1cc(CCC2CCCC2)ccc1S(=O)(=O)Nc1ccc(C(=O)N[C@@H](Cc2ccc(-n3c(=O)c4ccncc4n(C)c3=O)cc2)C(=O)OC2CCCCC2)c(F)c1. The molecule has 2 N–H and O–H groups in total. The highest BCUT2D eigenvalue weighted by molar-refractivity contribution is 7.92. The van der Waals surface area contributed by atoms with Crippen molar-refractivity contribution in [3.05, 3.63) is 128 Å². The second kappa shape index (κ2) is 17.5. The first-order valence-electron chi connectivity index (χ1n) is 20.0. The molecule has 14 heteroatoms. The Balaban J connectivity index is 1.06. The van der Waals surface area contributed by atoms with Crippen molar-refractivity contribution in [1.29, 1.82) is 0 Å². The van der Waals surface area contributed by atoms with Crippen LogP contribution in [0.1, 0.15) is 91.3 Å². The van der Waals surface area contributed by atoms with E-state index in [9.17, 15) is 27.6 Å². The Labute approximate surface area is 336 Å².